The summed E-state index contributed by atoms with van der Waals surface area (Å²) in [7, 11) is 0. The van der Waals surface area contributed by atoms with Gasteiger partial charge in [-0.2, -0.15) is 0 Å². The molecule has 5 nitrogen and oxygen atoms in total. The lowest BCUT2D eigenvalue weighted by molar-refractivity contribution is -0.131. The van der Waals surface area contributed by atoms with Crippen molar-refractivity contribution in [1.29, 1.82) is 0 Å². The Balaban J connectivity index is 1.81. The van der Waals surface area contributed by atoms with Crippen molar-refractivity contribution in [2.45, 2.75) is 20.4 Å². The smallest absolute Gasteiger partial charge is 0.256 e. The maximum absolute atomic E-state index is 12.7. The van der Waals surface area contributed by atoms with E-state index in [0.717, 1.165) is 26.5 Å². The molecule has 154 valence electrons. The molecular formula is C23H21BrClN3O2. The van der Waals surface area contributed by atoms with Gasteiger partial charge in [0.25, 0.3) is 5.91 Å². The maximum Gasteiger partial charge on any atom is 0.256 e. The Morgan fingerprint density at radius 1 is 1.20 bits per heavy atom. The average molecular weight is 487 g/mol. The highest BCUT2D eigenvalue weighted by molar-refractivity contribution is 9.10. The molecule has 2 aromatic carbocycles. The van der Waals surface area contributed by atoms with E-state index < -0.39 is 0 Å². The Morgan fingerprint density at radius 3 is 2.70 bits per heavy atom. The fraction of sp³-hybridized carbons (Fsp3) is 0.217. The second-order valence-corrected chi connectivity index (χ2v) is 8.49. The first-order chi connectivity index (χ1) is 14.4. The molecule has 3 aromatic rings. The van der Waals surface area contributed by atoms with E-state index in [0.29, 0.717) is 29.4 Å². The van der Waals surface area contributed by atoms with E-state index in [9.17, 15) is 9.59 Å². The van der Waals surface area contributed by atoms with Crippen LogP contribution in [0.5, 0.6) is 0 Å². The van der Waals surface area contributed by atoms with Crippen LogP contribution in [0.2, 0.25) is 5.02 Å². The average Bonchev–Trinajstić information content (AvgIpc) is 3.19. The molecule has 0 saturated heterocycles. The Bertz CT molecular complexity index is 1190. The Kier molecular flexibility index (Phi) is 5.71. The molecule has 0 spiro atoms. The molecule has 1 aliphatic rings. The van der Waals surface area contributed by atoms with Gasteiger partial charge in [0.2, 0.25) is 5.91 Å². The number of carbonyl (C=O) groups is 2. The summed E-state index contributed by atoms with van der Waals surface area (Å²) in [4.78, 5) is 27.1. The van der Waals surface area contributed by atoms with Gasteiger partial charge in [0.15, 0.2) is 0 Å². The molecule has 0 atom stereocenters. The van der Waals surface area contributed by atoms with Crippen LogP contribution in [-0.4, -0.2) is 34.4 Å². The minimum atomic E-state index is -0.164. The third-order valence-electron chi connectivity index (χ3n) is 5.36. The number of benzene rings is 2. The molecule has 4 rings (SSSR count). The summed E-state index contributed by atoms with van der Waals surface area (Å²) in [5.41, 5.74) is 3.93. The van der Waals surface area contributed by atoms with Crippen molar-refractivity contribution in [2.75, 3.05) is 18.4 Å². The van der Waals surface area contributed by atoms with Gasteiger partial charge < -0.3 is 14.8 Å². The first-order valence-corrected chi connectivity index (χ1v) is 11.0. The lowest BCUT2D eigenvalue weighted by atomic mass is 10.0. The molecule has 0 bridgehead atoms. The number of amides is 2. The molecule has 1 aromatic heterocycles. The van der Waals surface area contributed by atoms with Crippen molar-refractivity contribution in [1.82, 2.24) is 9.47 Å². The number of halogens is 2. The van der Waals surface area contributed by atoms with Gasteiger partial charge in [-0.05, 0) is 50.3 Å². The molecule has 2 heterocycles. The zero-order chi connectivity index (χ0) is 21.4. The molecule has 0 fully saturated rings. The summed E-state index contributed by atoms with van der Waals surface area (Å²) < 4.78 is 2.88. The first kappa shape index (κ1) is 20.7. The lowest BCUT2D eigenvalue weighted by Gasteiger charge is -2.19. The van der Waals surface area contributed by atoms with Crippen LogP contribution in [-0.2, 0) is 16.1 Å². The predicted molar refractivity (Wildman–Crippen MR) is 126 cm³/mol. The van der Waals surface area contributed by atoms with Gasteiger partial charge in [-0.25, -0.2) is 0 Å². The summed E-state index contributed by atoms with van der Waals surface area (Å²) in [6.45, 7) is 5.56. The first-order valence-electron chi connectivity index (χ1n) is 9.80. The van der Waals surface area contributed by atoms with E-state index in [-0.39, 0.29) is 18.4 Å². The molecule has 0 saturated carbocycles. The second-order valence-electron chi connectivity index (χ2n) is 7.14. The van der Waals surface area contributed by atoms with Crippen LogP contribution < -0.4 is 5.32 Å². The summed E-state index contributed by atoms with van der Waals surface area (Å²) in [6, 6.07) is 11.3. The number of nitrogens with zero attached hydrogens (tertiary/aromatic N) is 2. The number of carbonyl (C=O) groups excluding carboxylic acids is 2. The summed E-state index contributed by atoms with van der Waals surface area (Å²) >= 11 is 9.59. The third kappa shape index (κ3) is 3.77. The van der Waals surface area contributed by atoms with Gasteiger partial charge in [0.1, 0.15) is 6.54 Å². The number of likely N-dealkylation sites (N-methyl/N-ethyl adjacent to an activating group) is 1. The van der Waals surface area contributed by atoms with E-state index in [4.69, 9.17) is 11.6 Å². The summed E-state index contributed by atoms with van der Waals surface area (Å²) in [6.07, 6.45) is 3.81. The van der Waals surface area contributed by atoms with Crippen molar-refractivity contribution in [3.63, 3.8) is 0 Å². The Hall–Kier alpha value is -2.57. The number of anilines is 1. The van der Waals surface area contributed by atoms with Gasteiger partial charge in [0.05, 0.1) is 5.69 Å². The molecule has 0 aliphatic carbocycles. The Morgan fingerprint density at radius 2 is 1.97 bits per heavy atom. The van der Waals surface area contributed by atoms with Crippen molar-refractivity contribution in [3.8, 4) is 0 Å². The van der Waals surface area contributed by atoms with E-state index >= 15 is 0 Å². The van der Waals surface area contributed by atoms with Crippen LogP contribution in [0, 0.1) is 0 Å². The number of hydrogen-bond acceptors (Lipinski definition) is 2. The minimum absolute atomic E-state index is 0.0672. The topological polar surface area (TPSA) is 54.3 Å². The second kappa shape index (κ2) is 8.28. The molecule has 1 aliphatic heterocycles. The summed E-state index contributed by atoms with van der Waals surface area (Å²) in [5, 5.41) is 4.42. The number of hydrogen-bond donors (Lipinski definition) is 1. The molecule has 30 heavy (non-hydrogen) atoms. The zero-order valence-electron chi connectivity index (χ0n) is 16.7. The minimum Gasteiger partial charge on any atom is -0.342 e. The Labute approximate surface area is 188 Å². The van der Waals surface area contributed by atoms with Gasteiger partial charge >= 0.3 is 0 Å². The largest absolute Gasteiger partial charge is 0.342 e. The van der Waals surface area contributed by atoms with Gasteiger partial charge in [-0.15, -0.1) is 0 Å². The highest BCUT2D eigenvalue weighted by Gasteiger charge is 2.25. The van der Waals surface area contributed by atoms with Crippen LogP contribution in [0.15, 0.2) is 47.1 Å². The summed E-state index contributed by atoms with van der Waals surface area (Å²) in [5.74, 6) is -0.0972. The van der Waals surface area contributed by atoms with E-state index in [1.807, 2.05) is 59.9 Å². The SMILES string of the molecule is CCN(CC)C(=O)Cn1cc(/C=C2/C(=O)Nc3cc(Cl)ccc32)c2cc(Br)ccc21. The standard InChI is InChI=1S/C23H21BrClN3O2/c1-3-27(4-2)22(29)13-28-12-14(18-10-15(24)5-8-21(18)28)9-19-17-7-6-16(25)11-20(17)26-23(19)30/h5-12H,3-4,13H2,1-2H3,(H,26,30)/b19-9+. The zero-order valence-corrected chi connectivity index (χ0v) is 19.0. The monoisotopic (exact) mass is 485 g/mol. The molecule has 1 N–H and O–H groups in total. The van der Waals surface area contributed by atoms with E-state index in [1.54, 1.807) is 12.1 Å². The van der Waals surface area contributed by atoms with Crippen LogP contribution in [0.4, 0.5) is 5.69 Å². The number of fused-ring (bicyclic) bond motifs is 2. The molecule has 7 heteroatoms. The fourth-order valence-electron chi connectivity index (χ4n) is 3.83. The maximum atomic E-state index is 12.7. The lowest BCUT2D eigenvalue weighted by Crippen LogP contribution is -2.33. The fourth-order valence-corrected chi connectivity index (χ4v) is 4.36. The van der Waals surface area contributed by atoms with E-state index in [1.165, 1.54) is 0 Å². The van der Waals surface area contributed by atoms with Gasteiger partial charge in [0, 0.05) is 56.4 Å². The molecule has 2 amide bonds. The predicted octanol–water partition coefficient (Wildman–Crippen LogP) is 5.42. The van der Waals surface area contributed by atoms with Crippen LogP contribution in [0.3, 0.4) is 0 Å². The highest BCUT2D eigenvalue weighted by atomic mass is 79.9. The molecule has 0 radical (unpaired) electrons. The van der Waals surface area contributed by atoms with Crippen molar-refractivity contribution in [2.24, 2.45) is 0 Å². The number of aromatic nitrogens is 1. The van der Waals surface area contributed by atoms with Gasteiger partial charge in [-0.3, -0.25) is 9.59 Å². The normalized spacial score (nSPS) is 14.3. The van der Waals surface area contributed by atoms with Crippen molar-refractivity contribution < 1.29 is 9.59 Å². The van der Waals surface area contributed by atoms with Crippen LogP contribution in [0.1, 0.15) is 25.0 Å². The quantitative estimate of drug-likeness (QED) is 0.490. The van der Waals surface area contributed by atoms with Gasteiger partial charge in [-0.1, -0.05) is 33.6 Å². The third-order valence-corrected chi connectivity index (χ3v) is 6.09. The number of nitrogens with one attached hydrogen (secondary N) is 1. The van der Waals surface area contributed by atoms with Crippen molar-refractivity contribution >= 4 is 67.6 Å². The molecule has 0 unspecified atom stereocenters. The van der Waals surface area contributed by atoms with E-state index in [2.05, 4.69) is 21.2 Å². The number of rotatable bonds is 5. The van der Waals surface area contributed by atoms with Crippen LogP contribution >= 0.6 is 27.5 Å². The molecular weight excluding hydrogens is 466 g/mol. The van der Waals surface area contributed by atoms with Crippen molar-refractivity contribution in [3.05, 3.63) is 63.2 Å². The van der Waals surface area contributed by atoms with Crippen LogP contribution in [0.25, 0.3) is 22.6 Å². The highest BCUT2D eigenvalue weighted by Crippen LogP contribution is 2.36.